The first kappa shape index (κ1) is 12.9. The highest BCUT2D eigenvalue weighted by molar-refractivity contribution is 7.90. The topological polar surface area (TPSA) is 63.2 Å². The van der Waals surface area contributed by atoms with Crippen LogP contribution in [0, 0.1) is 0 Å². The molecular formula is C11H15NO3S. The Hall–Kier alpha value is -1.20. The van der Waals surface area contributed by atoms with Gasteiger partial charge in [-0.25, -0.2) is 13.1 Å². The number of Topliss-reactive ketones (excluding diaryl/α,β-unsaturated/α-hetero) is 1. The molecule has 5 heteroatoms. The maximum absolute atomic E-state index is 11.5. The van der Waals surface area contributed by atoms with Crippen LogP contribution in [0.5, 0.6) is 0 Å². The lowest BCUT2D eigenvalue weighted by atomic mass is 10.1. The summed E-state index contributed by atoms with van der Waals surface area (Å²) < 4.78 is 25.4. The minimum Gasteiger partial charge on any atom is -0.299 e. The minimum atomic E-state index is -3.53. The Morgan fingerprint density at radius 1 is 1.31 bits per heavy atom. The third kappa shape index (κ3) is 4.12. The van der Waals surface area contributed by atoms with E-state index in [4.69, 9.17) is 0 Å². The van der Waals surface area contributed by atoms with Crippen LogP contribution in [-0.2, 0) is 14.8 Å². The van der Waals surface area contributed by atoms with Crippen molar-refractivity contribution >= 4 is 15.8 Å². The van der Waals surface area contributed by atoms with E-state index >= 15 is 0 Å². The smallest absolute Gasteiger partial charge is 0.219 e. The molecule has 1 N–H and O–H groups in total. The van der Waals surface area contributed by atoms with Gasteiger partial charge < -0.3 is 0 Å². The zero-order valence-electron chi connectivity index (χ0n) is 9.30. The van der Waals surface area contributed by atoms with Crippen LogP contribution in [0.4, 0.5) is 0 Å². The van der Waals surface area contributed by atoms with Crippen LogP contribution in [0.3, 0.4) is 0 Å². The second kappa shape index (κ2) is 5.23. The summed E-state index contributed by atoms with van der Waals surface area (Å²) in [6, 6.07) is 8.88. The highest BCUT2D eigenvalue weighted by Gasteiger charge is 2.17. The van der Waals surface area contributed by atoms with E-state index in [1.54, 1.807) is 6.92 Å². The quantitative estimate of drug-likeness (QED) is 0.844. The molecule has 1 aromatic carbocycles. The van der Waals surface area contributed by atoms with E-state index in [1.807, 2.05) is 30.3 Å². The maximum atomic E-state index is 11.5. The fourth-order valence-corrected chi connectivity index (χ4v) is 2.68. The van der Waals surface area contributed by atoms with Gasteiger partial charge in [-0.2, -0.15) is 0 Å². The molecular weight excluding hydrogens is 226 g/mol. The predicted octanol–water partition coefficient (Wildman–Crippen LogP) is 1.26. The molecule has 4 nitrogen and oxygen atoms in total. The van der Waals surface area contributed by atoms with Gasteiger partial charge in [-0.15, -0.1) is 0 Å². The number of ketones is 1. The molecule has 0 spiro atoms. The van der Waals surface area contributed by atoms with Gasteiger partial charge >= 0.3 is 0 Å². The molecule has 0 aromatic heterocycles. The molecule has 1 aromatic rings. The number of nitrogens with one attached hydrogen (secondary N) is 1. The number of hydrogen-bond donors (Lipinski definition) is 1. The molecule has 0 fully saturated rings. The normalized spacial score (nSPS) is 13.4. The van der Waals surface area contributed by atoms with Crippen LogP contribution in [0.2, 0.25) is 0 Å². The van der Waals surface area contributed by atoms with Gasteiger partial charge in [-0.1, -0.05) is 30.3 Å². The van der Waals surface area contributed by atoms with Gasteiger partial charge in [0.05, 0.1) is 0 Å². The first-order valence-electron chi connectivity index (χ1n) is 4.95. The van der Waals surface area contributed by atoms with Crippen molar-refractivity contribution in [3.8, 4) is 0 Å². The number of sulfonamides is 1. The van der Waals surface area contributed by atoms with Gasteiger partial charge in [0.1, 0.15) is 11.5 Å². The standard InChI is InChI=1S/C11H15NO3S/c1-9(13)8-16(14,15)12-10(2)11-6-4-3-5-7-11/h3-7,10,12H,8H2,1-2H3/t10-/m1/s1. The van der Waals surface area contributed by atoms with Crippen LogP contribution in [0.25, 0.3) is 0 Å². The maximum Gasteiger partial charge on any atom is 0.219 e. The molecule has 0 aliphatic heterocycles. The van der Waals surface area contributed by atoms with Crippen molar-refractivity contribution in [1.29, 1.82) is 0 Å². The average molecular weight is 241 g/mol. The van der Waals surface area contributed by atoms with E-state index in [0.717, 1.165) is 5.56 Å². The minimum absolute atomic E-state index is 0.328. The predicted molar refractivity (Wildman–Crippen MR) is 62.5 cm³/mol. The van der Waals surface area contributed by atoms with Gasteiger partial charge in [0.25, 0.3) is 0 Å². The lowest BCUT2D eigenvalue weighted by Crippen LogP contribution is -2.31. The van der Waals surface area contributed by atoms with Gasteiger partial charge in [0.2, 0.25) is 10.0 Å². The Kier molecular flexibility index (Phi) is 4.20. The fourth-order valence-electron chi connectivity index (χ4n) is 1.39. The number of rotatable bonds is 5. The van der Waals surface area contributed by atoms with Crippen molar-refractivity contribution in [2.45, 2.75) is 19.9 Å². The Morgan fingerprint density at radius 3 is 2.38 bits per heavy atom. The van der Waals surface area contributed by atoms with Crippen molar-refractivity contribution in [1.82, 2.24) is 4.72 Å². The summed E-state index contributed by atoms with van der Waals surface area (Å²) in [6.45, 7) is 3.00. The number of hydrogen-bond acceptors (Lipinski definition) is 3. The highest BCUT2D eigenvalue weighted by Crippen LogP contribution is 2.12. The monoisotopic (exact) mass is 241 g/mol. The molecule has 0 unspecified atom stereocenters. The van der Waals surface area contributed by atoms with Crippen molar-refractivity contribution in [3.05, 3.63) is 35.9 Å². The van der Waals surface area contributed by atoms with Crippen molar-refractivity contribution in [2.24, 2.45) is 0 Å². The van der Waals surface area contributed by atoms with Crippen molar-refractivity contribution in [3.63, 3.8) is 0 Å². The summed E-state index contributed by atoms with van der Waals surface area (Å²) in [4.78, 5) is 10.8. The van der Waals surface area contributed by atoms with Crippen LogP contribution in [-0.4, -0.2) is 20.0 Å². The fraction of sp³-hybridized carbons (Fsp3) is 0.364. The molecule has 0 saturated carbocycles. The van der Waals surface area contributed by atoms with E-state index in [-0.39, 0.29) is 11.8 Å². The summed E-state index contributed by atoms with van der Waals surface area (Å²) in [6.07, 6.45) is 0. The Morgan fingerprint density at radius 2 is 1.88 bits per heavy atom. The summed E-state index contributed by atoms with van der Waals surface area (Å²) >= 11 is 0. The van der Waals surface area contributed by atoms with Gasteiger partial charge in [-0.3, -0.25) is 4.79 Å². The van der Waals surface area contributed by atoms with E-state index in [2.05, 4.69) is 4.72 Å². The zero-order valence-corrected chi connectivity index (χ0v) is 10.1. The molecule has 1 atom stereocenters. The van der Waals surface area contributed by atoms with Crippen LogP contribution < -0.4 is 4.72 Å². The lowest BCUT2D eigenvalue weighted by molar-refractivity contribution is -0.114. The van der Waals surface area contributed by atoms with Crippen LogP contribution >= 0.6 is 0 Å². The van der Waals surface area contributed by atoms with E-state index in [1.165, 1.54) is 6.92 Å². The average Bonchev–Trinajstić information content (AvgIpc) is 2.16. The number of benzene rings is 1. The highest BCUT2D eigenvalue weighted by atomic mass is 32.2. The SMILES string of the molecule is CC(=O)CS(=O)(=O)N[C@H](C)c1ccccc1. The second-order valence-corrected chi connectivity index (χ2v) is 5.47. The third-order valence-electron chi connectivity index (χ3n) is 2.05. The van der Waals surface area contributed by atoms with E-state index in [0.29, 0.717) is 0 Å². The molecule has 16 heavy (non-hydrogen) atoms. The van der Waals surface area contributed by atoms with Crippen LogP contribution in [0.1, 0.15) is 25.5 Å². The number of carbonyl (C=O) groups is 1. The molecule has 0 heterocycles. The molecule has 0 saturated heterocycles. The van der Waals surface area contributed by atoms with E-state index in [9.17, 15) is 13.2 Å². The molecule has 0 aliphatic carbocycles. The Balaban J connectivity index is 2.72. The summed E-state index contributed by atoms with van der Waals surface area (Å²) in [7, 11) is -3.53. The Labute approximate surface area is 95.7 Å². The summed E-state index contributed by atoms with van der Waals surface area (Å²) in [5.74, 6) is -0.836. The molecule has 0 amide bonds. The van der Waals surface area contributed by atoms with E-state index < -0.39 is 15.8 Å². The van der Waals surface area contributed by atoms with Gasteiger partial charge in [0.15, 0.2) is 0 Å². The zero-order chi connectivity index (χ0) is 12.2. The first-order valence-corrected chi connectivity index (χ1v) is 6.60. The van der Waals surface area contributed by atoms with Crippen molar-refractivity contribution in [2.75, 3.05) is 5.75 Å². The lowest BCUT2D eigenvalue weighted by Gasteiger charge is -2.13. The summed E-state index contributed by atoms with van der Waals surface area (Å²) in [5.41, 5.74) is 0.870. The Bertz CT molecular complexity index is 453. The molecule has 1 rings (SSSR count). The van der Waals surface area contributed by atoms with Crippen LogP contribution in [0.15, 0.2) is 30.3 Å². The number of carbonyl (C=O) groups excluding carboxylic acids is 1. The first-order chi connectivity index (χ1) is 7.41. The molecule has 0 bridgehead atoms. The summed E-state index contributed by atoms with van der Waals surface area (Å²) in [5, 5.41) is 0. The molecule has 0 radical (unpaired) electrons. The largest absolute Gasteiger partial charge is 0.299 e. The molecule has 88 valence electrons. The van der Waals surface area contributed by atoms with Crippen molar-refractivity contribution < 1.29 is 13.2 Å². The molecule has 0 aliphatic rings. The third-order valence-corrected chi connectivity index (χ3v) is 3.55. The van der Waals surface area contributed by atoms with Gasteiger partial charge in [0, 0.05) is 6.04 Å². The van der Waals surface area contributed by atoms with Gasteiger partial charge in [-0.05, 0) is 19.4 Å². The second-order valence-electron chi connectivity index (χ2n) is 3.71.